The van der Waals surface area contributed by atoms with E-state index in [2.05, 4.69) is 32.1 Å². The molecule has 6 nitrogen and oxygen atoms in total. The van der Waals surface area contributed by atoms with Gasteiger partial charge in [-0.3, -0.25) is 0 Å². The highest BCUT2D eigenvalue weighted by atomic mass is 32.1. The van der Waals surface area contributed by atoms with Crippen molar-refractivity contribution in [2.24, 2.45) is 0 Å². The van der Waals surface area contributed by atoms with E-state index < -0.39 is 5.97 Å². The maximum Gasteiger partial charge on any atom is 0.360 e. The molecule has 0 spiro atoms. The largest absolute Gasteiger partial charge is 0.504 e. The number of fused-ring (bicyclic) bond motifs is 2. The van der Waals surface area contributed by atoms with Crippen molar-refractivity contribution < 1.29 is 14.6 Å². The summed E-state index contributed by atoms with van der Waals surface area (Å²) in [6.07, 6.45) is 3.70. The second-order valence-corrected chi connectivity index (χ2v) is 8.62. The van der Waals surface area contributed by atoms with Crippen molar-refractivity contribution in [3.05, 3.63) is 78.2 Å². The average Bonchev–Trinajstić information content (AvgIpc) is 3.45. The molecule has 0 aliphatic rings. The van der Waals surface area contributed by atoms with E-state index in [0.29, 0.717) is 23.5 Å². The average molecular weight is 458 g/mol. The van der Waals surface area contributed by atoms with Gasteiger partial charge in [0.25, 0.3) is 0 Å². The van der Waals surface area contributed by atoms with Crippen LogP contribution in [0.5, 0.6) is 5.75 Å². The summed E-state index contributed by atoms with van der Waals surface area (Å²) in [6, 6.07) is 19.9. The van der Waals surface area contributed by atoms with Crippen LogP contribution < -0.4 is 0 Å². The zero-order chi connectivity index (χ0) is 22.8. The van der Waals surface area contributed by atoms with E-state index in [1.165, 1.54) is 11.5 Å². The van der Waals surface area contributed by atoms with Gasteiger partial charge < -0.3 is 14.4 Å². The van der Waals surface area contributed by atoms with Crippen LogP contribution in [0.3, 0.4) is 0 Å². The Kier molecular flexibility index (Phi) is 5.79. The molecular weight excluding hydrogens is 434 g/mol. The van der Waals surface area contributed by atoms with Crippen LogP contribution in [0.15, 0.2) is 66.9 Å². The Bertz CT molecular complexity index is 1440. The van der Waals surface area contributed by atoms with Crippen molar-refractivity contribution in [3.63, 3.8) is 0 Å². The molecule has 2 aromatic carbocycles. The molecule has 0 atom stereocenters. The van der Waals surface area contributed by atoms with Crippen LogP contribution in [0.25, 0.3) is 32.2 Å². The van der Waals surface area contributed by atoms with Gasteiger partial charge in [0.2, 0.25) is 0 Å². The molecule has 5 aromatic rings. The van der Waals surface area contributed by atoms with Crippen molar-refractivity contribution in [2.75, 3.05) is 6.61 Å². The first-order chi connectivity index (χ1) is 16.2. The minimum absolute atomic E-state index is 0.0703. The van der Waals surface area contributed by atoms with Gasteiger partial charge in [-0.1, -0.05) is 61.9 Å². The van der Waals surface area contributed by atoms with Gasteiger partial charge in [0, 0.05) is 22.7 Å². The number of unbranched alkanes of at least 4 members (excludes halogenated alkanes) is 1. The lowest BCUT2D eigenvalue weighted by Crippen LogP contribution is -2.10. The zero-order valence-electron chi connectivity index (χ0n) is 18.2. The molecule has 1 N–H and O–H groups in total. The minimum atomic E-state index is -0.619. The number of rotatable bonds is 7. The van der Waals surface area contributed by atoms with Crippen molar-refractivity contribution in [1.29, 1.82) is 0 Å². The van der Waals surface area contributed by atoms with Gasteiger partial charge in [0.1, 0.15) is 4.70 Å². The SMILES string of the molecule is CCCCOC(=O)c1nc(-c2ccccc2)c2c(Cn3ccc4ccccc43)nsc2c1O. The number of benzene rings is 2. The molecule has 0 aliphatic heterocycles. The fourth-order valence-corrected chi connectivity index (χ4v) is 4.77. The molecule has 0 bridgehead atoms. The normalized spacial score (nSPS) is 11.3. The van der Waals surface area contributed by atoms with Crippen LogP contribution in [0.2, 0.25) is 0 Å². The highest BCUT2D eigenvalue weighted by molar-refractivity contribution is 7.14. The van der Waals surface area contributed by atoms with Gasteiger partial charge in [0.15, 0.2) is 11.4 Å². The third kappa shape index (κ3) is 3.96. The number of nitrogens with zero attached hydrogens (tertiary/aromatic N) is 3. The van der Waals surface area contributed by atoms with Crippen LogP contribution in [0, 0.1) is 0 Å². The van der Waals surface area contributed by atoms with Gasteiger partial charge >= 0.3 is 5.97 Å². The smallest absolute Gasteiger partial charge is 0.360 e. The molecule has 0 fully saturated rings. The van der Waals surface area contributed by atoms with Gasteiger partial charge in [-0.05, 0) is 35.5 Å². The summed E-state index contributed by atoms with van der Waals surface area (Å²) in [7, 11) is 0. The number of hydrogen-bond donors (Lipinski definition) is 1. The number of para-hydroxylation sites is 1. The first kappa shape index (κ1) is 21.2. The van der Waals surface area contributed by atoms with Crippen LogP contribution in [0.4, 0.5) is 0 Å². The Morgan fingerprint density at radius 1 is 1.09 bits per heavy atom. The summed E-state index contributed by atoms with van der Waals surface area (Å²) in [6.45, 7) is 2.84. The Morgan fingerprint density at radius 3 is 2.70 bits per heavy atom. The van der Waals surface area contributed by atoms with Crippen molar-refractivity contribution in [3.8, 4) is 17.0 Å². The fraction of sp³-hybridized carbons (Fsp3) is 0.192. The maximum absolute atomic E-state index is 12.7. The highest BCUT2D eigenvalue weighted by Gasteiger charge is 2.25. The monoisotopic (exact) mass is 457 g/mol. The van der Waals surface area contributed by atoms with E-state index in [4.69, 9.17) is 4.74 Å². The number of carbonyl (C=O) groups excluding carboxylic acids is 1. The fourth-order valence-electron chi connectivity index (χ4n) is 3.93. The molecule has 0 radical (unpaired) electrons. The first-order valence-corrected chi connectivity index (χ1v) is 11.7. The number of ether oxygens (including phenoxy) is 1. The number of esters is 1. The molecule has 33 heavy (non-hydrogen) atoms. The molecule has 0 saturated heterocycles. The standard InChI is InChI=1S/C26H23N3O3S/c1-2-3-15-32-26(31)23-24(30)25-21(22(27-23)18-10-5-4-6-11-18)19(28-33-25)16-29-14-13-17-9-7-8-12-20(17)29/h4-14,30H,2-3,15-16H2,1H3. The van der Waals surface area contributed by atoms with Gasteiger partial charge in [0.05, 0.1) is 24.5 Å². The molecule has 166 valence electrons. The number of hydrogen-bond acceptors (Lipinski definition) is 6. The molecule has 0 unspecified atom stereocenters. The molecule has 0 saturated carbocycles. The van der Waals surface area contributed by atoms with E-state index in [0.717, 1.165) is 40.4 Å². The molecule has 5 rings (SSSR count). The quantitative estimate of drug-likeness (QED) is 0.239. The van der Waals surface area contributed by atoms with E-state index in [1.54, 1.807) is 0 Å². The second kappa shape index (κ2) is 9.03. The Hall–Kier alpha value is -3.71. The molecule has 3 aromatic heterocycles. The summed E-state index contributed by atoms with van der Waals surface area (Å²) in [5, 5.41) is 12.9. The predicted molar refractivity (Wildman–Crippen MR) is 131 cm³/mol. The molecule has 3 heterocycles. The van der Waals surface area contributed by atoms with Gasteiger partial charge in [-0.2, -0.15) is 4.37 Å². The van der Waals surface area contributed by atoms with E-state index in [-0.39, 0.29) is 11.4 Å². The number of pyridine rings is 1. The third-order valence-corrected chi connectivity index (χ3v) is 6.53. The van der Waals surface area contributed by atoms with Gasteiger partial charge in [-0.15, -0.1) is 0 Å². The van der Waals surface area contributed by atoms with Crippen LogP contribution in [-0.2, 0) is 11.3 Å². The lowest BCUT2D eigenvalue weighted by Gasteiger charge is -2.11. The summed E-state index contributed by atoms with van der Waals surface area (Å²) >= 11 is 1.18. The van der Waals surface area contributed by atoms with Crippen molar-refractivity contribution >= 4 is 38.5 Å². The highest BCUT2D eigenvalue weighted by Crippen LogP contribution is 2.40. The zero-order valence-corrected chi connectivity index (χ0v) is 19.0. The predicted octanol–water partition coefficient (Wildman–Crippen LogP) is 6.02. The Morgan fingerprint density at radius 2 is 1.88 bits per heavy atom. The van der Waals surface area contributed by atoms with Gasteiger partial charge in [-0.25, -0.2) is 9.78 Å². The lowest BCUT2D eigenvalue weighted by atomic mass is 10.0. The van der Waals surface area contributed by atoms with E-state index in [1.807, 2.05) is 55.6 Å². The number of aromatic hydroxyl groups is 1. The molecule has 7 heteroatoms. The Balaban J connectivity index is 1.65. The summed E-state index contributed by atoms with van der Waals surface area (Å²) < 4.78 is 12.7. The number of carbonyl (C=O) groups is 1. The topological polar surface area (TPSA) is 77.2 Å². The first-order valence-electron chi connectivity index (χ1n) is 10.9. The van der Waals surface area contributed by atoms with Crippen molar-refractivity contribution in [2.45, 2.75) is 26.3 Å². The van der Waals surface area contributed by atoms with Crippen molar-refractivity contribution in [1.82, 2.24) is 13.9 Å². The lowest BCUT2D eigenvalue weighted by molar-refractivity contribution is 0.0490. The Labute approximate surface area is 195 Å². The molecular formula is C26H23N3O3S. The summed E-state index contributed by atoms with van der Waals surface area (Å²) in [5.41, 5.74) is 3.30. The second-order valence-electron chi connectivity index (χ2n) is 7.85. The molecule has 0 aliphatic carbocycles. The van der Waals surface area contributed by atoms with Crippen LogP contribution in [-0.4, -0.2) is 31.6 Å². The van der Waals surface area contributed by atoms with E-state index in [9.17, 15) is 9.90 Å². The van der Waals surface area contributed by atoms with Crippen LogP contribution in [0.1, 0.15) is 35.9 Å². The summed E-state index contributed by atoms with van der Waals surface area (Å²) in [5.74, 6) is -0.793. The number of aromatic nitrogens is 3. The van der Waals surface area contributed by atoms with Crippen LogP contribution >= 0.6 is 11.5 Å². The minimum Gasteiger partial charge on any atom is -0.504 e. The third-order valence-electron chi connectivity index (χ3n) is 5.63. The maximum atomic E-state index is 12.7. The van der Waals surface area contributed by atoms with E-state index >= 15 is 0 Å². The summed E-state index contributed by atoms with van der Waals surface area (Å²) in [4.78, 5) is 17.3. The molecule has 0 amide bonds.